The lowest BCUT2D eigenvalue weighted by molar-refractivity contribution is 0.0698. The number of nitrogens with zero attached hydrogens (tertiary/aromatic N) is 1. The van der Waals surface area contributed by atoms with Crippen molar-refractivity contribution < 1.29 is 9.90 Å². The maximum atomic E-state index is 10.7. The lowest BCUT2D eigenvalue weighted by Gasteiger charge is -1.99. The van der Waals surface area contributed by atoms with Crippen molar-refractivity contribution in [1.82, 2.24) is 9.97 Å². The van der Waals surface area contributed by atoms with E-state index in [4.69, 9.17) is 16.6 Å². The summed E-state index contributed by atoms with van der Waals surface area (Å²) >= 11 is 0. The van der Waals surface area contributed by atoms with Gasteiger partial charge in [0.05, 0.1) is 16.6 Å². The summed E-state index contributed by atoms with van der Waals surface area (Å²) in [5, 5.41) is 8.79. The highest BCUT2D eigenvalue weighted by Crippen LogP contribution is 2.20. The van der Waals surface area contributed by atoms with Crippen LogP contribution in [0, 0.1) is 0 Å². The highest BCUT2D eigenvalue weighted by atomic mass is 16.4. The largest absolute Gasteiger partial charge is 0.478 e. The number of carboxylic acid groups (broad SMARTS) is 1. The number of fused-ring (bicyclic) bond motifs is 1. The quantitative estimate of drug-likeness (QED) is 0.488. The first kappa shape index (κ1) is 8.36. The highest BCUT2D eigenvalue weighted by molar-refractivity contribution is 5.98. The number of hydrogen-bond acceptors (Lipinski definition) is 4. The summed E-state index contributed by atoms with van der Waals surface area (Å²) in [6.45, 7) is 0. The predicted octanol–water partition coefficient (Wildman–Crippen LogP) is 0.425. The van der Waals surface area contributed by atoms with Crippen LogP contribution in [0.3, 0.4) is 0 Å². The molecule has 0 radical (unpaired) electrons. The number of anilines is 2. The average Bonchev–Trinajstić information content (AvgIpc) is 2.42. The van der Waals surface area contributed by atoms with Crippen LogP contribution in [0.15, 0.2) is 12.1 Å². The van der Waals surface area contributed by atoms with E-state index < -0.39 is 5.97 Å². The fourth-order valence-electron chi connectivity index (χ4n) is 1.28. The van der Waals surface area contributed by atoms with Gasteiger partial charge in [-0.15, -0.1) is 0 Å². The Kier molecular flexibility index (Phi) is 1.57. The number of carbonyl (C=O) groups is 1. The molecule has 0 aliphatic carbocycles. The van der Waals surface area contributed by atoms with Crippen LogP contribution in [0.2, 0.25) is 0 Å². The molecule has 0 bridgehead atoms. The summed E-state index contributed by atoms with van der Waals surface area (Å²) in [6.07, 6.45) is 0. The van der Waals surface area contributed by atoms with Gasteiger partial charge >= 0.3 is 5.97 Å². The Morgan fingerprint density at radius 2 is 2.14 bits per heavy atom. The molecule has 0 atom stereocenters. The van der Waals surface area contributed by atoms with E-state index in [0.29, 0.717) is 11.0 Å². The smallest absolute Gasteiger partial charge is 0.337 e. The maximum Gasteiger partial charge on any atom is 0.337 e. The second-order valence-corrected chi connectivity index (χ2v) is 2.88. The molecule has 0 aliphatic rings. The third-order valence-corrected chi connectivity index (χ3v) is 1.90. The van der Waals surface area contributed by atoms with Gasteiger partial charge in [-0.05, 0) is 12.1 Å². The van der Waals surface area contributed by atoms with Crippen LogP contribution in [0.1, 0.15) is 10.4 Å². The summed E-state index contributed by atoms with van der Waals surface area (Å²) < 4.78 is 0. The van der Waals surface area contributed by atoms with Crippen molar-refractivity contribution in [3.8, 4) is 0 Å². The van der Waals surface area contributed by atoms with E-state index in [9.17, 15) is 4.79 Å². The van der Waals surface area contributed by atoms with Crippen molar-refractivity contribution in [1.29, 1.82) is 0 Å². The zero-order valence-electron chi connectivity index (χ0n) is 7.11. The Morgan fingerprint density at radius 1 is 1.43 bits per heavy atom. The first-order chi connectivity index (χ1) is 6.58. The van der Waals surface area contributed by atoms with Gasteiger partial charge in [0.1, 0.15) is 0 Å². The summed E-state index contributed by atoms with van der Waals surface area (Å²) in [7, 11) is 0. The van der Waals surface area contributed by atoms with Crippen LogP contribution in [0.4, 0.5) is 11.6 Å². The van der Waals surface area contributed by atoms with E-state index in [1.165, 1.54) is 12.1 Å². The minimum Gasteiger partial charge on any atom is -0.478 e. The number of H-pyrrole nitrogens is 1. The van der Waals surface area contributed by atoms with Gasteiger partial charge in [0.2, 0.25) is 0 Å². The van der Waals surface area contributed by atoms with Gasteiger partial charge in [0.15, 0.2) is 5.95 Å². The number of nitrogen functional groups attached to an aromatic ring is 2. The van der Waals surface area contributed by atoms with Gasteiger partial charge in [0, 0.05) is 5.69 Å². The molecule has 0 saturated heterocycles. The molecule has 1 aromatic carbocycles. The van der Waals surface area contributed by atoms with E-state index >= 15 is 0 Å². The van der Waals surface area contributed by atoms with Gasteiger partial charge < -0.3 is 21.6 Å². The van der Waals surface area contributed by atoms with Crippen molar-refractivity contribution in [3.63, 3.8) is 0 Å². The molecule has 0 saturated carbocycles. The van der Waals surface area contributed by atoms with Gasteiger partial charge in [-0.1, -0.05) is 0 Å². The first-order valence-electron chi connectivity index (χ1n) is 3.86. The van der Waals surface area contributed by atoms with Crippen LogP contribution < -0.4 is 11.5 Å². The van der Waals surface area contributed by atoms with Crippen molar-refractivity contribution in [2.24, 2.45) is 0 Å². The first-order valence-corrected chi connectivity index (χ1v) is 3.86. The summed E-state index contributed by atoms with van der Waals surface area (Å²) in [6, 6.07) is 2.89. The lowest BCUT2D eigenvalue weighted by Crippen LogP contribution is -2.01. The number of nitrogens with two attached hydrogens (primary N) is 2. The SMILES string of the molecule is Nc1nc2cc(N)c(C(=O)O)cc2[nH]1. The zero-order valence-corrected chi connectivity index (χ0v) is 7.11. The van der Waals surface area contributed by atoms with Crippen molar-refractivity contribution in [3.05, 3.63) is 17.7 Å². The highest BCUT2D eigenvalue weighted by Gasteiger charge is 2.10. The third-order valence-electron chi connectivity index (χ3n) is 1.90. The number of nitrogens with one attached hydrogen (secondary N) is 1. The van der Waals surface area contributed by atoms with Crippen LogP contribution in [0.5, 0.6) is 0 Å². The molecule has 72 valence electrons. The predicted molar refractivity (Wildman–Crippen MR) is 51.9 cm³/mol. The lowest BCUT2D eigenvalue weighted by atomic mass is 10.1. The molecule has 0 aliphatic heterocycles. The van der Waals surface area contributed by atoms with Gasteiger partial charge in [-0.3, -0.25) is 0 Å². The minimum atomic E-state index is -1.07. The van der Waals surface area contributed by atoms with Crippen LogP contribution in [-0.2, 0) is 0 Å². The standard InChI is InChI=1S/C8H8N4O2/c9-4-2-6-5(11-8(10)12-6)1-3(4)7(13)14/h1-2H,9H2,(H,13,14)(H3,10,11,12). The molecule has 0 unspecified atom stereocenters. The fourth-order valence-corrected chi connectivity index (χ4v) is 1.28. The Labute approximate surface area is 78.5 Å². The van der Waals surface area contributed by atoms with Crippen molar-refractivity contribution in [2.45, 2.75) is 0 Å². The summed E-state index contributed by atoms with van der Waals surface area (Å²) in [5.41, 5.74) is 12.3. The van der Waals surface area contributed by atoms with Crippen molar-refractivity contribution >= 4 is 28.6 Å². The Morgan fingerprint density at radius 3 is 2.79 bits per heavy atom. The molecular formula is C8H8N4O2. The number of imidazole rings is 1. The van der Waals surface area contributed by atoms with E-state index in [2.05, 4.69) is 9.97 Å². The van der Waals surface area contributed by atoms with Crippen molar-refractivity contribution in [2.75, 3.05) is 11.5 Å². The molecule has 6 heteroatoms. The Bertz CT molecular complexity index is 517. The Balaban J connectivity index is 2.76. The number of rotatable bonds is 1. The van der Waals surface area contributed by atoms with E-state index in [-0.39, 0.29) is 17.2 Å². The van der Waals surface area contributed by atoms with Gasteiger partial charge in [-0.2, -0.15) is 0 Å². The number of aromatic carboxylic acids is 1. The fraction of sp³-hybridized carbons (Fsp3) is 0. The topological polar surface area (TPSA) is 118 Å². The van der Waals surface area contributed by atoms with E-state index in [1.807, 2.05) is 0 Å². The number of carboxylic acids is 1. The molecule has 14 heavy (non-hydrogen) atoms. The maximum absolute atomic E-state index is 10.7. The molecular weight excluding hydrogens is 184 g/mol. The van der Waals surface area contributed by atoms with E-state index in [1.54, 1.807) is 0 Å². The van der Waals surface area contributed by atoms with Gasteiger partial charge in [0.25, 0.3) is 0 Å². The molecule has 2 aromatic rings. The molecule has 2 rings (SSSR count). The van der Waals surface area contributed by atoms with Crippen LogP contribution >= 0.6 is 0 Å². The molecule has 1 heterocycles. The number of aromatic nitrogens is 2. The second kappa shape index (κ2) is 2.63. The molecule has 6 nitrogen and oxygen atoms in total. The summed E-state index contributed by atoms with van der Waals surface area (Å²) in [4.78, 5) is 17.4. The summed E-state index contributed by atoms with van der Waals surface area (Å²) in [5.74, 6) is -0.834. The number of hydrogen-bond donors (Lipinski definition) is 4. The molecule has 1 aromatic heterocycles. The second-order valence-electron chi connectivity index (χ2n) is 2.88. The third kappa shape index (κ3) is 1.13. The average molecular weight is 192 g/mol. The van der Waals surface area contributed by atoms with Gasteiger partial charge in [-0.25, -0.2) is 9.78 Å². The number of benzene rings is 1. The zero-order chi connectivity index (χ0) is 10.3. The van der Waals surface area contributed by atoms with Crippen LogP contribution in [-0.4, -0.2) is 21.0 Å². The molecule has 0 spiro atoms. The minimum absolute atomic E-state index is 0.0427. The van der Waals surface area contributed by atoms with Crippen LogP contribution in [0.25, 0.3) is 11.0 Å². The molecule has 0 amide bonds. The molecule has 6 N–H and O–H groups in total. The molecule has 0 fully saturated rings. The normalized spacial score (nSPS) is 10.6. The monoisotopic (exact) mass is 192 g/mol. The Hall–Kier alpha value is -2.24. The van der Waals surface area contributed by atoms with E-state index in [0.717, 1.165) is 0 Å². The number of aromatic amines is 1.